The average molecular weight is 341 g/mol. The molecule has 1 aromatic carbocycles. The Balaban J connectivity index is 1.75. The van der Waals surface area contributed by atoms with Crippen LogP contribution in [0.2, 0.25) is 0 Å². The van der Waals surface area contributed by atoms with Gasteiger partial charge in [0, 0.05) is 19.4 Å². The Morgan fingerprint density at radius 1 is 1.32 bits per heavy atom. The molecule has 6 nitrogen and oxygen atoms in total. The summed E-state index contributed by atoms with van der Waals surface area (Å²) in [6.45, 7) is 6.20. The third kappa shape index (κ3) is 3.57. The third-order valence-corrected chi connectivity index (χ3v) is 4.61. The SMILES string of the molecule is CCc1onc(C)c1NC(=O)[C@@H]1CCC(=O)N1Cc1ccc(C)cc1. The predicted molar refractivity (Wildman–Crippen MR) is 94.0 cm³/mol. The first-order valence-corrected chi connectivity index (χ1v) is 8.60. The Labute approximate surface area is 147 Å². The number of hydrogen-bond donors (Lipinski definition) is 1. The number of carbonyl (C=O) groups excluding carboxylic acids is 2. The first-order valence-electron chi connectivity index (χ1n) is 8.60. The van der Waals surface area contributed by atoms with Gasteiger partial charge in [-0.15, -0.1) is 0 Å². The standard InChI is InChI=1S/C19H23N3O3/c1-4-16-18(13(3)21-25-16)20-19(24)15-9-10-17(23)22(15)11-14-7-5-12(2)6-8-14/h5-8,15H,4,9-11H2,1-3H3,(H,20,24)/t15-/m0/s1. The summed E-state index contributed by atoms with van der Waals surface area (Å²) in [5.74, 6) is 0.484. The van der Waals surface area contributed by atoms with Crippen LogP contribution >= 0.6 is 0 Å². The van der Waals surface area contributed by atoms with E-state index in [0.29, 0.717) is 42.9 Å². The van der Waals surface area contributed by atoms with Crippen LogP contribution in [0.5, 0.6) is 0 Å². The molecular formula is C19H23N3O3. The summed E-state index contributed by atoms with van der Waals surface area (Å²) < 4.78 is 5.22. The zero-order valence-corrected chi connectivity index (χ0v) is 14.8. The lowest BCUT2D eigenvalue weighted by molar-refractivity contribution is -0.133. The van der Waals surface area contributed by atoms with Crippen LogP contribution in [0.25, 0.3) is 0 Å². The molecule has 1 aliphatic heterocycles. The van der Waals surface area contributed by atoms with Crippen molar-refractivity contribution >= 4 is 17.5 Å². The monoisotopic (exact) mass is 341 g/mol. The number of aromatic nitrogens is 1. The molecule has 132 valence electrons. The average Bonchev–Trinajstić information content (AvgIpc) is 3.13. The van der Waals surface area contributed by atoms with Gasteiger partial charge >= 0.3 is 0 Å². The van der Waals surface area contributed by atoms with Crippen molar-refractivity contribution in [1.29, 1.82) is 0 Å². The second-order valence-electron chi connectivity index (χ2n) is 6.47. The Hall–Kier alpha value is -2.63. The van der Waals surface area contributed by atoms with Gasteiger partial charge in [-0.2, -0.15) is 0 Å². The molecule has 25 heavy (non-hydrogen) atoms. The molecule has 0 unspecified atom stereocenters. The molecule has 1 saturated heterocycles. The van der Waals surface area contributed by atoms with Gasteiger partial charge in [-0.1, -0.05) is 41.9 Å². The van der Waals surface area contributed by atoms with Crippen LogP contribution in [0, 0.1) is 13.8 Å². The zero-order valence-electron chi connectivity index (χ0n) is 14.8. The third-order valence-electron chi connectivity index (χ3n) is 4.61. The molecule has 3 rings (SSSR count). The lowest BCUT2D eigenvalue weighted by Gasteiger charge is -2.24. The molecule has 1 fully saturated rings. The van der Waals surface area contributed by atoms with Crippen molar-refractivity contribution in [1.82, 2.24) is 10.1 Å². The van der Waals surface area contributed by atoms with Crippen LogP contribution in [0.3, 0.4) is 0 Å². The molecule has 6 heteroatoms. The molecule has 0 aliphatic carbocycles. The number of benzene rings is 1. The normalized spacial score (nSPS) is 17.2. The fourth-order valence-electron chi connectivity index (χ4n) is 3.12. The molecule has 1 aromatic heterocycles. The fraction of sp³-hybridized carbons (Fsp3) is 0.421. The van der Waals surface area contributed by atoms with Crippen LogP contribution in [-0.4, -0.2) is 27.9 Å². The lowest BCUT2D eigenvalue weighted by atomic mass is 10.1. The number of nitrogens with one attached hydrogen (secondary N) is 1. The molecule has 0 bridgehead atoms. The van der Waals surface area contributed by atoms with Crippen molar-refractivity contribution in [3.05, 3.63) is 46.8 Å². The minimum Gasteiger partial charge on any atom is -0.359 e. The number of anilines is 1. The Morgan fingerprint density at radius 2 is 2.04 bits per heavy atom. The Bertz CT molecular complexity index is 780. The first-order chi connectivity index (χ1) is 12.0. The quantitative estimate of drug-likeness (QED) is 0.907. The van der Waals surface area contributed by atoms with Gasteiger partial charge in [-0.25, -0.2) is 0 Å². The van der Waals surface area contributed by atoms with Crippen molar-refractivity contribution in [2.24, 2.45) is 0 Å². The highest BCUT2D eigenvalue weighted by atomic mass is 16.5. The van der Waals surface area contributed by atoms with Crippen LogP contribution < -0.4 is 5.32 Å². The molecule has 2 heterocycles. The summed E-state index contributed by atoms with van der Waals surface area (Å²) in [5.41, 5.74) is 3.47. The van der Waals surface area contributed by atoms with Crippen LogP contribution in [0.1, 0.15) is 42.3 Å². The van der Waals surface area contributed by atoms with Gasteiger partial charge in [0.05, 0.1) is 0 Å². The maximum absolute atomic E-state index is 12.8. The molecule has 2 aromatic rings. The highest BCUT2D eigenvalue weighted by molar-refractivity contribution is 5.99. The second-order valence-corrected chi connectivity index (χ2v) is 6.47. The van der Waals surface area contributed by atoms with Crippen molar-refractivity contribution in [2.75, 3.05) is 5.32 Å². The van der Waals surface area contributed by atoms with Gasteiger partial charge in [0.2, 0.25) is 11.8 Å². The molecule has 1 atom stereocenters. The summed E-state index contributed by atoms with van der Waals surface area (Å²) in [6.07, 6.45) is 1.57. The lowest BCUT2D eigenvalue weighted by Crippen LogP contribution is -2.41. The maximum Gasteiger partial charge on any atom is 0.247 e. The van der Waals surface area contributed by atoms with Crippen molar-refractivity contribution < 1.29 is 14.1 Å². The van der Waals surface area contributed by atoms with Crippen molar-refractivity contribution in [3.8, 4) is 0 Å². The zero-order chi connectivity index (χ0) is 18.0. The minimum atomic E-state index is -0.465. The van der Waals surface area contributed by atoms with Gasteiger partial charge < -0.3 is 14.7 Å². The van der Waals surface area contributed by atoms with E-state index in [0.717, 1.165) is 5.56 Å². The number of carbonyl (C=O) groups is 2. The van der Waals surface area contributed by atoms with Crippen molar-refractivity contribution in [2.45, 2.75) is 52.6 Å². The number of hydrogen-bond acceptors (Lipinski definition) is 4. The molecule has 0 radical (unpaired) electrons. The summed E-state index contributed by atoms with van der Waals surface area (Å²) in [5, 5.41) is 6.81. The molecule has 0 saturated carbocycles. The van der Waals surface area contributed by atoms with E-state index in [1.807, 2.05) is 38.1 Å². The molecular weight excluding hydrogens is 318 g/mol. The second kappa shape index (κ2) is 7.09. The predicted octanol–water partition coefficient (Wildman–Crippen LogP) is 2.98. The summed E-state index contributed by atoms with van der Waals surface area (Å²) >= 11 is 0. The van der Waals surface area contributed by atoms with Gasteiger partial charge in [0.25, 0.3) is 0 Å². The summed E-state index contributed by atoms with van der Waals surface area (Å²) in [4.78, 5) is 26.7. The van der Waals surface area contributed by atoms with E-state index in [1.54, 1.807) is 11.8 Å². The highest BCUT2D eigenvalue weighted by Crippen LogP contribution is 2.25. The van der Waals surface area contributed by atoms with Crippen molar-refractivity contribution in [3.63, 3.8) is 0 Å². The van der Waals surface area contributed by atoms with E-state index in [1.165, 1.54) is 5.56 Å². The van der Waals surface area contributed by atoms with Gasteiger partial charge in [-0.05, 0) is 25.8 Å². The minimum absolute atomic E-state index is 0.0125. The van der Waals surface area contributed by atoms with E-state index in [2.05, 4.69) is 10.5 Å². The largest absolute Gasteiger partial charge is 0.359 e. The molecule has 1 N–H and O–H groups in total. The molecule has 1 aliphatic rings. The molecule has 0 spiro atoms. The summed E-state index contributed by atoms with van der Waals surface area (Å²) in [7, 11) is 0. The number of likely N-dealkylation sites (tertiary alicyclic amines) is 1. The maximum atomic E-state index is 12.8. The number of nitrogens with zero attached hydrogens (tertiary/aromatic N) is 2. The Morgan fingerprint density at radius 3 is 2.72 bits per heavy atom. The van der Waals surface area contributed by atoms with E-state index < -0.39 is 6.04 Å². The molecule has 2 amide bonds. The smallest absolute Gasteiger partial charge is 0.247 e. The van der Waals surface area contributed by atoms with E-state index in [4.69, 9.17) is 4.52 Å². The van der Waals surface area contributed by atoms with E-state index in [-0.39, 0.29) is 11.8 Å². The summed E-state index contributed by atoms with van der Waals surface area (Å²) in [6, 6.07) is 7.55. The van der Waals surface area contributed by atoms with Crippen LogP contribution in [0.4, 0.5) is 5.69 Å². The van der Waals surface area contributed by atoms with E-state index >= 15 is 0 Å². The number of aryl methyl sites for hydroxylation is 3. The van der Waals surface area contributed by atoms with Gasteiger partial charge in [-0.3, -0.25) is 9.59 Å². The highest BCUT2D eigenvalue weighted by Gasteiger charge is 2.36. The fourth-order valence-corrected chi connectivity index (χ4v) is 3.12. The Kier molecular flexibility index (Phi) is 4.88. The first kappa shape index (κ1) is 17.2. The van der Waals surface area contributed by atoms with Crippen LogP contribution in [0.15, 0.2) is 28.8 Å². The topological polar surface area (TPSA) is 75.4 Å². The van der Waals surface area contributed by atoms with Gasteiger partial charge in [0.15, 0.2) is 5.76 Å². The van der Waals surface area contributed by atoms with Crippen LogP contribution in [-0.2, 0) is 22.6 Å². The van der Waals surface area contributed by atoms with E-state index in [9.17, 15) is 9.59 Å². The number of amides is 2. The number of rotatable bonds is 5. The van der Waals surface area contributed by atoms with Gasteiger partial charge in [0.1, 0.15) is 17.4 Å².